The van der Waals surface area contributed by atoms with Gasteiger partial charge in [0, 0.05) is 13.2 Å². The van der Waals surface area contributed by atoms with Gasteiger partial charge in [-0.15, -0.1) is 0 Å². The Kier molecular flexibility index (Phi) is 3.97. The van der Waals surface area contributed by atoms with Gasteiger partial charge in [0.25, 0.3) is 0 Å². The summed E-state index contributed by atoms with van der Waals surface area (Å²) < 4.78 is 19.8. The van der Waals surface area contributed by atoms with Gasteiger partial charge in [-0.3, -0.25) is 0 Å². The second-order valence-electron chi connectivity index (χ2n) is 4.99. The van der Waals surface area contributed by atoms with Gasteiger partial charge in [0.2, 0.25) is 0 Å². The van der Waals surface area contributed by atoms with Crippen molar-refractivity contribution < 1.29 is 9.13 Å². The average Bonchev–Trinajstić information content (AvgIpc) is 2.93. The summed E-state index contributed by atoms with van der Waals surface area (Å²) in [5.74, 6) is 0.411. The molecule has 0 bridgehead atoms. The lowest BCUT2D eigenvalue weighted by atomic mass is 10.3. The fourth-order valence-corrected chi connectivity index (χ4v) is 2.26. The smallest absolute Gasteiger partial charge is 0.168 e. The first-order chi connectivity index (χ1) is 10.7. The van der Waals surface area contributed by atoms with Crippen molar-refractivity contribution in [1.82, 2.24) is 19.7 Å². The maximum absolute atomic E-state index is 13.0. The molecule has 0 aliphatic heterocycles. The summed E-state index contributed by atoms with van der Waals surface area (Å²) in [5, 5.41) is 8.40. The van der Waals surface area contributed by atoms with Gasteiger partial charge in [-0.1, -0.05) is 0 Å². The number of hydrogen-bond acceptors (Lipinski definition) is 5. The molecule has 0 saturated carbocycles. The molecule has 6 nitrogen and oxygen atoms in total. The molecule has 0 aliphatic rings. The number of methoxy groups -OCH3 is 1. The molecule has 3 aromatic rings. The van der Waals surface area contributed by atoms with Crippen molar-refractivity contribution in [3.8, 4) is 5.69 Å². The van der Waals surface area contributed by atoms with E-state index in [1.165, 1.54) is 18.5 Å². The number of fused-ring (bicyclic) bond motifs is 1. The van der Waals surface area contributed by atoms with Gasteiger partial charge in [-0.05, 0) is 31.2 Å². The number of rotatable bonds is 5. The van der Waals surface area contributed by atoms with Crippen LogP contribution in [0.15, 0.2) is 36.8 Å². The minimum atomic E-state index is -0.286. The average molecular weight is 301 g/mol. The first-order valence-corrected chi connectivity index (χ1v) is 6.89. The monoisotopic (exact) mass is 301 g/mol. The highest BCUT2D eigenvalue weighted by Gasteiger charge is 2.12. The highest BCUT2D eigenvalue weighted by molar-refractivity contribution is 5.87. The third kappa shape index (κ3) is 2.75. The van der Waals surface area contributed by atoms with Crippen molar-refractivity contribution >= 4 is 16.9 Å². The molecule has 114 valence electrons. The van der Waals surface area contributed by atoms with Crippen LogP contribution in [0.4, 0.5) is 10.2 Å². The van der Waals surface area contributed by atoms with Crippen molar-refractivity contribution in [1.29, 1.82) is 0 Å². The van der Waals surface area contributed by atoms with Crippen LogP contribution in [0.25, 0.3) is 16.7 Å². The van der Waals surface area contributed by atoms with E-state index in [1.807, 2.05) is 6.92 Å². The largest absolute Gasteiger partial charge is 0.383 e. The molecule has 2 aromatic heterocycles. The predicted molar refractivity (Wildman–Crippen MR) is 81.6 cm³/mol. The van der Waals surface area contributed by atoms with Crippen LogP contribution >= 0.6 is 0 Å². The second kappa shape index (κ2) is 6.07. The third-order valence-corrected chi connectivity index (χ3v) is 3.24. The molecule has 2 heterocycles. The fourth-order valence-electron chi connectivity index (χ4n) is 2.26. The number of nitrogens with one attached hydrogen (secondary N) is 1. The zero-order chi connectivity index (χ0) is 15.5. The lowest BCUT2D eigenvalue weighted by Crippen LogP contribution is -2.21. The Labute approximate surface area is 127 Å². The van der Waals surface area contributed by atoms with Gasteiger partial charge in [-0.25, -0.2) is 19.0 Å². The molecule has 7 heteroatoms. The summed E-state index contributed by atoms with van der Waals surface area (Å²) in [6.07, 6.45) is 3.17. The van der Waals surface area contributed by atoms with Crippen LogP contribution in [-0.2, 0) is 4.74 Å². The van der Waals surface area contributed by atoms with Crippen LogP contribution in [0.3, 0.4) is 0 Å². The molecule has 0 fully saturated rings. The number of nitrogens with zero attached hydrogens (tertiary/aromatic N) is 4. The van der Waals surface area contributed by atoms with Gasteiger partial charge in [0.1, 0.15) is 18.0 Å². The molecule has 0 amide bonds. The van der Waals surface area contributed by atoms with E-state index in [0.29, 0.717) is 18.1 Å². The lowest BCUT2D eigenvalue weighted by Gasteiger charge is -2.13. The standard InChI is InChI=1S/C15H16FN5O/c1-10(8-22-2)20-14-13-7-19-21(15(13)18-9-17-14)12-5-3-11(16)4-6-12/h3-7,9-10H,8H2,1-2H3,(H,17,18,20). The van der Waals surface area contributed by atoms with Crippen molar-refractivity contribution in [2.45, 2.75) is 13.0 Å². The van der Waals surface area contributed by atoms with Crippen molar-refractivity contribution in [2.75, 3.05) is 19.0 Å². The molecule has 1 N–H and O–H groups in total. The van der Waals surface area contributed by atoms with E-state index < -0.39 is 0 Å². The molecule has 0 aliphatic carbocycles. The molecule has 22 heavy (non-hydrogen) atoms. The maximum Gasteiger partial charge on any atom is 0.168 e. The molecule has 1 aromatic carbocycles. The van der Waals surface area contributed by atoms with E-state index in [9.17, 15) is 4.39 Å². The SMILES string of the molecule is COCC(C)Nc1ncnc2c1cnn2-c1ccc(F)cc1. The Morgan fingerprint density at radius 2 is 2.05 bits per heavy atom. The maximum atomic E-state index is 13.0. The Morgan fingerprint density at radius 1 is 1.27 bits per heavy atom. The second-order valence-corrected chi connectivity index (χ2v) is 4.99. The van der Waals surface area contributed by atoms with Crippen LogP contribution in [-0.4, -0.2) is 39.5 Å². The van der Waals surface area contributed by atoms with E-state index in [1.54, 1.807) is 30.1 Å². The summed E-state index contributed by atoms with van der Waals surface area (Å²) in [7, 11) is 1.65. The summed E-state index contributed by atoms with van der Waals surface area (Å²) in [6, 6.07) is 6.21. The number of anilines is 1. The number of ether oxygens (including phenoxy) is 1. The van der Waals surface area contributed by atoms with Gasteiger partial charge in [0.05, 0.1) is 23.9 Å². The molecule has 0 spiro atoms. The Balaban J connectivity index is 2.00. The quantitative estimate of drug-likeness (QED) is 0.784. The van der Waals surface area contributed by atoms with Crippen LogP contribution < -0.4 is 5.32 Å². The zero-order valence-corrected chi connectivity index (χ0v) is 12.3. The zero-order valence-electron chi connectivity index (χ0n) is 12.3. The highest BCUT2D eigenvalue weighted by Crippen LogP contribution is 2.22. The van der Waals surface area contributed by atoms with Gasteiger partial charge >= 0.3 is 0 Å². The summed E-state index contributed by atoms with van der Waals surface area (Å²) >= 11 is 0. The van der Waals surface area contributed by atoms with Gasteiger partial charge in [0.15, 0.2) is 5.65 Å². The van der Waals surface area contributed by atoms with Crippen LogP contribution in [0.5, 0.6) is 0 Å². The molecule has 0 saturated heterocycles. The van der Waals surface area contributed by atoms with Gasteiger partial charge in [-0.2, -0.15) is 5.10 Å². The lowest BCUT2D eigenvalue weighted by molar-refractivity contribution is 0.190. The van der Waals surface area contributed by atoms with E-state index in [-0.39, 0.29) is 11.9 Å². The fraction of sp³-hybridized carbons (Fsp3) is 0.267. The van der Waals surface area contributed by atoms with Crippen LogP contribution in [0.1, 0.15) is 6.92 Å². The number of benzene rings is 1. The van der Waals surface area contributed by atoms with Crippen LogP contribution in [0, 0.1) is 5.82 Å². The van der Waals surface area contributed by atoms with Crippen molar-refractivity contribution in [3.05, 3.63) is 42.6 Å². The minimum Gasteiger partial charge on any atom is -0.383 e. The number of hydrogen-bond donors (Lipinski definition) is 1. The third-order valence-electron chi connectivity index (χ3n) is 3.24. The van der Waals surface area contributed by atoms with E-state index in [4.69, 9.17) is 4.74 Å². The molecular formula is C15H16FN5O. The highest BCUT2D eigenvalue weighted by atomic mass is 19.1. The predicted octanol–water partition coefficient (Wildman–Crippen LogP) is 2.40. The summed E-state index contributed by atoms with van der Waals surface area (Å²) in [6.45, 7) is 2.57. The van der Waals surface area contributed by atoms with Crippen LogP contribution in [0.2, 0.25) is 0 Å². The molecule has 1 unspecified atom stereocenters. The molecular weight excluding hydrogens is 285 g/mol. The topological polar surface area (TPSA) is 64.9 Å². The van der Waals surface area contributed by atoms with E-state index in [2.05, 4.69) is 20.4 Å². The first kappa shape index (κ1) is 14.4. The first-order valence-electron chi connectivity index (χ1n) is 6.89. The summed E-state index contributed by atoms with van der Waals surface area (Å²) in [5.41, 5.74) is 1.40. The minimum absolute atomic E-state index is 0.109. The Hall–Kier alpha value is -2.54. The molecule has 0 radical (unpaired) electrons. The molecule has 3 rings (SSSR count). The Morgan fingerprint density at radius 3 is 2.77 bits per heavy atom. The van der Waals surface area contributed by atoms with E-state index in [0.717, 1.165) is 11.1 Å². The number of halogens is 1. The normalized spacial score (nSPS) is 12.5. The van der Waals surface area contributed by atoms with E-state index >= 15 is 0 Å². The molecule has 1 atom stereocenters. The number of aromatic nitrogens is 4. The van der Waals surface area contributed by atoms with Crippen molar-refractivity contribution in [3.63, 3.8) is 0 Å². The van der Waals surface area contributed by atoms with Gasteiger partial charge < -0.3 is 10.1 Å². The van der Waals surface area contributed by atoms with Crippen molar-refractivity contribution in [2.24, 2.45) is 0 Å². The summed E-state index contributed by atoms with van der Waals surface area (Å²) in [4.78, 5) is 8.54. The Bertz CT molecular complexity index is 771.